The quantitative estimate of drug-likeness (QED) is 0.739. The summed E-state index contributed by atoms with van der Waals surface area (Å²) in [4.78, 5) is 32.5. The molecule has 0 radical (unpaired) electrons. The van der Waals surface area contributed by atoms with Crippen molar-refractivity contribution in [1.29, 1.82) is 0 Å². The number of amides is 2. The van der Waals surface area contributed by atoms with Gasteiger partial charge in [0.2, 0.25) is 17.7 Å². The van der Waals surface area contributed by atoms with Crippen LogP contribution in [-0.2, 0) is 11.3 Å². The van der Waals surface area contributed by atoms with Gasteiger partial charge in [-0.1, -0.05) is 0 Å². The summed E-state index contributed by atoms with van der Waals surface area (Å²) in [6.07, 6.45) is 1.66. The number of ether oxygens (including phenoxy) is 1. The third-order valence-electron chi connectivity index (χ3n) is 4.09. The van der Waals surface area contributed by atoms with Gasteiger partial charge in [0, 0.05) is 37.6 Å². The highest BCUT2D eigenvalue weighted by Crippen LogP contribution is 2.29. The Balaban J connectivity index is 1.68. The Hall–Kier alpha value is -3.10. The fraction of sp³-hybridized carbons (Fsp3) is 0.400. The zero-order valence-electron chi connectivity index (χ0n) is 16.4. The van der Waals surface area contributed by atoms with Crippen LogP contribution in [-0.4, -0.2) is 27.6 Å². The number of alkyl halides is 1. The van der Waals surface area contributed by atoms with Crippen molar-refractivity contribution < 1.29 is 23.1 Å². The standard InChI is InChI=1S/C20H22F2N4O3/c1-11-8-16(25-19(24-11)26-17(27)12-4-5-12)18(28)23-10-13-9-14(6-7-15(13)21)29-20(2,3)22/h6-9,12H,4-5,10H2,1-3H3,(H,23,28)(H,24,25,26,27). The fourth-order valence-electron chi connectivity index (χ4n) is 2.59. The predicted molar refractivity (Wildman–Crippen MR) is 102 cm³/mol. The second-order valence-electron chi connectivity index (χ2n) is 7.38. The summed E-state index contributed by atoms with van der Waals surface area (Å²) in [5, 5.41) is 5.16. The number of aryl methyl sites for hydroxylation is 1. The van der Waals surface area contributed by atoms with Crippen LogP contribution >= 0.6 is 0 Å². The van der Waals surface area contributed by atoms with E-state index in [0.717, 1.165) is 18.9 Å². The molecule has 1 heterocycles. The number of aromatic nitrogens is 2. The van der Waals surface area contributed by atoms with Crippen molar-refractivity contribution in [3.05, 3.63) is 47.0 Å². The van der Waals surface area contributed by atoms with Crippen molar-refractivity contribution in [1.82, 2.24) is 15.3 Å². The Morgan fingerprint density at radius 3 is 2.62 bits per heavy atom. The van der Waals surface area contributed by atoms with Gasteiger partial charge in [0.25, 0.3) is 5.91 Å². The molecule has 2 amide bonds. The van der Waals surface area contributed by atoms with Crippen LogP contribution in [0.1, 0.15) is 48.4 Å². The molecule has 29 heavy (non-hydrogen) atoms. The van der Waals surface area contributed by atoms with Crippen molar-refractivity contribution >= 4 is 17.8 Å². The van der Waals surface area contributed by atoms with Gasteiger partial charge in [0.1, 0.15) is 17.3 Å². The van der Waals surface area contributed by atoms with E-state index in [4.69, 9.17) is 4.74 Å². The van der Waals surface area contributed by atoms with E-state index in [1.807, 2.05) is 0 Å². The van der Waals surface area contributed by atoms with Gasteiger partial charge in [-0.15, -0.1) is 0 Å². The third kappa shape index (κ3) is 5.94. The molecule has 2 aromatic rings. The molecule has 0 saturated heterocycles. The molecule has 154 valence electrons. The van der Waals surface area contributed by atoms with E-state index in [-0.39, 0.29) is 41.3 Å². The molecule has 1 aliphatic rings. The number of nitrogens with one attached hydrogen (secondary N) is 2. The molecule has 0 atom stereocenters. The van der Waals surface area contributed by atoms with Crippen LogP contribution in [0.5, 0.6) is 5.75 Å². The van der Waals surface area contributed by atoms with Gasteiger partial charge >= 0.3 is 0 Å². The number of anilines is 1. The topological polar surface area (TPSA) is 93.2 Å². The number of carbonyl (C=O) groups is 2. The van der Waals surface area contributed by atoms with Gasteiger partial charge in [-0.25, -0.2) is 14.4 Å². The van der Waals surface area contributed by atoms with Crippen LogP contribution in [0.25, 0.3) is 0 Å². The Morgan fingerprint density at radius 2 is 1.97 bits per heavy atom. The number of rotatable bonds is 7. The van der Waals surface area contributed by atoms with Crippen molar-refractivity contribution in [3.63, 3.8) is 0 Å². The first-order valence-corrected chi connectivity index (χ1v) is 9.22. The molecule has 0 spiro atoms. The molecule has 7 nitrogen and oxygen atoms in total. The third-order valence-corrected chi connectivity index (χ3v) is 4.09. The zero-order valence-corrected chi connectivity index (χ0v) is 16.4. The molecule has 1 aromatic carbocycles. The zero-order chi connectivity index (χ0) is 21.2. The molecular formula is C20H22F2N4O3. The molecule has 0 aliphatic heterocycles. The van der Waals surface area contributed by atoms with Crippen LogP contribution in [0.4, 0.5) is 14.7 Å². The van der Waals surface area contributed by atoms with E-state index in [9.17, 15) is 18.4 Å². The number of nitrogens with zero attached hydrogens (tertiary/aromatic N) is 2. The average Bonchev–Trinajstić information content (AvgIpc) is 3.45. The molecule has 1 fully saturated rings. The first kappa shape index (κ1) is 20.6. The lowest BCUT2D eigenvalue weighted by Gasteiger charge is -2.18. The van der Waals surface area contributed by atoms with Gasteiger partial charge < -0.3 is 10.1 Å². The van der Waals surface area contributed by atoms with Gasteiger partial charge in [-0.05, 0) is 44.0 Å². The molecule has 0 bridgehead atoms. The Morgan fingerprint density at radius 1 is 1.24 bits per heavy atom. The maximum Gasteiger partial charge on any atom is 0.270 e. The highest BCUT2D eigenvalue weighted by molar-refractivity contribution is 5.95. The number of carbonyl (C=O) groups excluding carboxylic acids is 2. The summed E-state index contributed by atoms with van der Waals surface area (Å²) in [6.45, 7) is 3.98. The van der Waals surface area contributed by atoms with Gasteiger partial charge in [-0.3, -0.25) is 14.9 Å². The maximum atomic E-state index is 14.0. The largest absolute Gasteiger partial charge is 0.459 e. The Bertz CT molecular complexity index is 940. The molecule has 2 N–H and O–H groups in total. The lowest BCUT2D eigenvalue weighted by Crippen LogP contribution is -2.26. The highest BCUT2D eigenvalue weighted by Gasteiger charge is 2.30. The van der Waals surface area contributed by atoms with Crippen LogP contribution in [0.15, 0.2) is 24.3 Å². The van der Waals surface area contributed by atoms with Crippen molar-refractivity contribution in [2.24, 2.45) is 5.92 Å². The minimum atomic E-state index is -1.92. The summed E-state index contributed by atoms with van der Waals surface area (Å²) in [5.41, 5.74) is 0.678. The molecular weight excluding hydrogens is 382 g/mol. The van der Waals surface area contributed by atoms with Crippen molar-refractivity contribution in [3.8, 4) is 5.75 Å². The molecule has 3 rings (SSSR count). The van der Waals surface area contributed by atoms with E-state index < -0.39 is 17.6 Å². The summed E-state index contributed by atoms with van der Waals surface area (Å²) in [5.74, 6) is -3.04. The molecule has 1 aliphatic carbocycles. The first-order valence-electron chi connectivity index (χ1n) is 9.22. The first-order chi connectivity index (χ1) is 13.6. The van der Waals surface area contributed by atoms with Crippen molar-refractivity contribution in [2.75, 3.05) is 5.32 Å². The number of halogens is 2. The molecule has 0 unspecified atom stereocenters. The second-order valence-corrected chi connectivity index (χ2v) is 7.38. The number of benzene rings is 1. The van der Waals surface area contributed by atoms with Gasteiger partial charge in [0.05, 0.1) is 0 Å². The van der Waals surface area contributed by atoms with Crippen molar-refractivity contribution in [2.45, 2.75) is 46.0 Å². The lowest BCUT2D eigenvalue weighted by molar-refractivity contribution is -0.117. The molecule has 1 aromatic heterocycles. The summed E-state index contributed by atoms with van der Waals surface area (Å²) in [7, 11) is 0. The van der Waals surface area contributed by atoms with Crippen LogP contribution in [0, 0.1) is 18.7 Å². The minimum Gasteiger partial charge on any atom is -0.459 e. The van der Waals surface area contributed by atoms with E-state index in [2.05, 4.69) is 20.6 Å². The smallest absolute Gasteiger partial charge is 0.270 e. The van der Waals surface area contributed by atoms with E-state index in [0.29, 0.717) is 5.69 Å². The predicted octanol–water partition coefficient (Wildman–Crippen LogP) is 3.29. The van der Waals surface area contributed by atoms with Crippen LogP contribution in [0.3, 0.4) is 0 Å². The maximum absolute atomic E-state index is 14.0. The Labute approximate surface area is 166 Å². The van der Waals surface area contributed by atoms with E-state index >= 15 is 0 Å². The highest BCUT2D eigenvalue weighted by atomic mass is 19.2. The Kier molecular flexibility index (Phi) is 5.76. The lowest BCUT2D eigenvalue weighted by atomic mass is 10.2. The fourth-order valence-corrected chi connectivity index (χ4v) is 2.59. The van der Waals surface area contributed by atoms with Gasteiger partial charge in [0.15, 0.2) is 0 Å². The average molecular weight is 404 g/mol. The molecule has 9 heteroatoms. The normalized spacial score (nSPS) is 13.7. The summed E-state index contributed by atoms with van der Waals surface area (Å²) >= 11 is 0. The van der Waals surface area contributed by atoms with E-state index in [1.54, 1.807) is 6.92 Å². The SMILES string of the molecule is Cc1cc(C(=O)NCc2cc(OC(C)(C)F)ccc2F)nc(NC(=O)C2CC2)n1. The monoisotopic (exact) mass is 404 g/mol. The summed E-state index contributed by atoms with van der Waals surface area (Å²) < 4.78 is 32.7. The van der Waals surface area contributed by atoms with Gasteiger partial charge in [-0.2, -0.15) is 4.39 Å². The number of hydrogen-bond acceptors (Lipinski definition) is 5. The second kappa shape index (κ2) is 8.10. The minimum absolute atomic E-state index is 0.0249. The summed E-state index contributed by atoms with van der Waals surface area (Å²) in [6, 6.07) is 5.24. The number of hydrogen-bond donors (Lipinski definition) is 2. The molecule has 1 saturated carbocycles. The van der Waals surface area contributed by atoms with Crippen LogP contribution in [0.2, 0.25) is 0 Å². The van der Waals surface area contributed by atoms with E-state index in [1.165, 1.54) is 32.0 Å². The van der Waals surface area contributed by atoms with Crippen LogP contribution < -0.4 is 15.4 Å².